The summed E-state index contributed by atoms with van der Waals surface area (Å²) in [6.07, 6.45) is 4.04. The third kappa shape index (κ3) is 5.38. The third-order valence-corrected chi connectivity index (χ3v) is 7.66. The number of fused-ring (bicyclic) bond motifs is 1. The van der Waals surface area contributed by atoms with Gasteiger partial charge in [0.05, 0.1) is 47.3 Å². The van der Waals surface area contributed by atoms with Gasteiger partial charge in [0.15, 0.2) is 0 Å². The number of carbonyl (C=O) groups is 1. The molecule has 0 saturated carbocycles. The molecular weight excluding hydrogens is 501 g/mol. The van der Waals surface area contributed by atoms with Crippen molar-refractivity contribution in [1.29, 1.82) is 0 Å². The van der Waals surface area contributed by atoms with E-state index >= 15 is 0 Å². The molecule has 180 valence electrons. The molecule has 0 amide bonds. The Labute approximate surface area is 207 Å². The first-order chi connectivity index (χ1) is 16.3. The van der Waals surface area contributed by atoms with Crippen LogP contribution in [0.25, 0.3) is 0 Å². The maximum absolute atomic E-state index is 13.1. The molecule has 0 bridgehead atoms. The first-order valence-corrected chi connectivity index (χ1v) is 12.9. The molecule has 3 aromatic rings. The fraction of sp³-hybridized carbons (Fsp3) is 0.304. The lowest BCUT2D eigenvalue weighted by molar-refractivity contribution is -0.140. The second kappa shape index (κ2) is 10.4. The Kier molecular flexibility index (Phi) is 7.47. The van der Waals surface area contributed by atoms with Gasteiger partial charge in [-0.2, -0.15) is 5.10 Å². The highest BCUT2D eigenvalue weighted by Gasteiger charge is 2.29. The fourth-order valence-electron chi connectivity index (χ4n) is 3.87. The highest BCUT2D eigenvalue weighted by atomic mass is 35.5. The van der Waals surface area contributed by atoms with Gasteiger partial charge in [-0.15, -0.1) is 0 Å². The van der Waals surface area contributed by atoms with Crippen LogP contribution in [0.2, 0.25) is 10.0 Å². The molecule has 0 saturated heterocycles. The van der Waals surface area contributed by atoms with E-state index in [2.05, 4.69) is 14.6 Å². The van der Waals surface area contributed by atoms with Crippen molar-refractivity contribution < 1.29 is 22.7 Å². The van der Waals surface area contributed by atoms with E-state index in [1.54, 1.807) is 35.1 Å². The molecular formula is C23H23Cl2N3O5S. The average Bonchev–Trinajstić information content (AvgIpc) is 3.24. The van der Waals surface area contributed by atoms with Crippen LogP contribution in [0.3, 0.4) is 0 Å². The van der Waals surface area contributed by atoms with Gasteiger partial charge in [-0.05, 0) is 49.6 Å². The maximum Gasteiger partial charge on any atom is 0.307 e. The van der Waals surface area contributed by atoms with Gasteiger partial charge in [0.25, 0.3) is 0 Å². The van der Waals surface area contributed by atoms with E-state index in [1.807, 2.05) is 0 Å². The summed E-state index contributed by atoms with van der Waals surface area (Å²) >= 11 is 12.4. The summed E-state index contributed by atoms with van der Waals surface area (Å²) in [5, 5.41) is 4.91. The van der Waals surface area contributed by atoms with Crippen LogP contribution in [0.4, 0.5) is 0 Å². The summed E-state index contributed by atoms with van der Waals surface area (Å²) < 4.78 is 41.2. The number of nitrogens with zero attached hydrogens (tertiary/aromatic N) is 2. The van der Waals surface area contributed by atoms with E-state index in [4.69, 9.17) is 27.9 Å². The Balaban J connectivity index is 1.51. The Morgan fingerprint density at radius 1 is 1.18 bits per heavy atom. The molecule has 1 aliphatic rings. The summed E-state index contributed by atoms with van der Waals surface area (Å²) in [6.45, 7) is 0.379. The molecule has 0 unspecified atom stereocenters. The number of rotatable bonds is 8. The summed E-state index contributed by atoms with van der Waals surface area (Å²) in [5.41, 5.74) is 1.73. The number of ether oxygens (including phenoxy) is 2. The monoisotopic (exact) mass is 523 g/mol. The second-order valence-corrected chi connectivity index (χ2v) is 10.3. The van der Waals surface area contributed by atoms with E-state index in [1.165, 1.54) is 25.3 Å². The van der Waals surface area contributed by atoms with Gasteiger partial charge in [-0.25, -0.2) is 13.1 Å². The largest absolute Gasteiger partial charge is 0.469 e. The van der Waals surface area contributed by atoms with Crippen molar-refractivity contribution in [2.75, 3.05) is 7.11 Å². The first kappa shape index (κ1) is 24.5. The van der Waals surface area contributed by atoms with Crippen LogP contribution in [-0.2, 0) is 32.5 Å². The van der Waals surface area contributed by atoms with Gasteiger partial charge >= 0.3 is 5.97 Å². The number of nitrogens with one attached hydrogen (secondary N) is 1. The number of halogens is 2. The average molecular weight is 524 g/mol. The Morgan fingerprint density at radius 2 is 1.94 bits per heavy atom. The lowest BCUT2D eigenvalue weighted by atomic mass is 9.94. The van der Waals surface area contributed by atoms with Gasteiger partial charge in [0.1, 0.15) is 11.5 Å². The summed E-state index contributed by atoms with van der Waals surface area (Å²) in [5.74, 6) is 0.385. The van der Waals surface area contributed by atoms with Gasteiger partial charge in [-0.3, -0.25) is 9.48 Å². The Morgan fingerprint density at radius 3 is 2.68 bits per heavy atom. The predicted molar refractivity (Wildman–Crippen MR) is 128 cm³/mol. The van der Waals surface area contributed by atoms with Crippen molar-refractivity contribution in [3.8, 4) is 11.5 Å². The normalized spacial score (nSPS) is 15.6. The number of methoxy groups -OCH3 is 1. The minimum atomic E-state index is -3.87. The molecule has 4 rings (SSSR count). The Bertz CT molecular complexity index is 1310. The highest BCUT2D eigenvalue weighted by molar-refractivity contribution is 7.89. The zero-order valence-corrected chi connectivity index (χ0v) is 20.7. The molecule has 1 N–H and O–H groups in total. The van der Waals surface area contributed by atoms with Crippen LogP contribution in [-0.4, -0.2) is 31.3 Å². The molecule has 2 aromatic carbocycles. The number of aromatic nitrogens is 2. The van der Waals surface area contributed by atoms with Crippen LogP contribution in [0.15, 0.2) is 53.6 Å². The summed E-state index contributed by atoms with van der Waals surface area (Å²) in [7, 11) is -2.53. The van der Waals surface area contributed by atoms with Crippen molar-refractivity contribution in [2.45, 2.75) is 43.2 Å². The minimum absolute atomic E-state index is 0.0224. The molecule has 1 atom stereocenters. The highest BCUT2D eigenvalue weighted by Crippen LogP contribution is 2.36. The standard InChI is InChI=1S/C23H23Cl2N3O5S/c1-32-23(29)11-12-28-20-7-4-6-19(16(20)14-26-28)27-34(30,31)15-9-10-22(18(25)13-15)33-21-8-3-2-5-17(21)24/h2-3,5,8-10,13-14,19,27H,4,6-7,11-12H2,1H3/t19-/m1/s1. The number of hydrogen-bond donors (Lipinski definition) is 1. The Hall–Kier alpha value is -2.59. The number of sulfonamides is 1. The molecule has 0 fully saturated rings. The van der Waals surface area contributed by atoms with Crippen molar-refractivity contribution in [1.82, 2.24) is 14.5 Å². The van der Waals surface area contributed by atoms with Crippen molar-refractivity contribution >= 4 is 39.2 Å². The van der Waals surface area contributed by atoms with E-state index in [9.17, 15) is 13.2 Å². The van der Waals surface area contributed by atoms with Crippen LogP contribution in [0.5, 0.6) is 11.5 Å². The van der Waals surface area contributed by atoms with Gasteiger partial charge in [0, 0.05) is 11.3 Å². The van der Waals surface area contributed by atoms with Crippen LogP contribution >= 0.6 is 23.2 Å². The topological polar surface area (TPSA) is 99.5 Å². The number of aryl methyl sites for hydroxylation is 1. The molecule has 34 heavy (non-hydrogen) atoms. The first-order valence-electron chi connectivity index (χ1n) is 10.6. The van der Waals surface area contributed by atoms with Gasteiger partial charge in [0.2, 0.25) is 10.0 Å². The molecule has 0 aliphatic heterocycles. The maximum atomic E-state index is 13.1. The van der Waals surface area contributed by atoms with Gasteiger partial charge in [-0.1, -0.05) is 35.3 Å². The quantitative estimate of drug-likeness (QED) is 0.421. The molecule has 8 nitrogen and oxygen atoms in total. The lowest BCUT2D eigenvalue weighted by Crippen LogP contribution is -2.31. The number of benzene rings is 2. The smallest absolute Gasteiger partial charge is 0.307 e. The zero-order chi connectivity index (χ0) is 24.3. The summed E-state index contributed by atoms with van der Waals surface area (Å²) in [4.78, 5) is 11.5. The number of para-hydroxylation sites is 1. The SMILES string of the molecule is COC(=O)CCn1ncc2c1CCC[C@H]2NS(=O)(=O)c1ccc(Oc2ccccc2Cl)c(Cl)c1. The van der Waals surface area contributed by atoms with Crippen LogP contribution < -0.4 is 9.46 Å². The van der Waals surface area contributed by atoms with E-state index in [0.717, 1.165) is 24.1 Å². The minimum Gasteiger partial charge on any atom is -0.469 e. The van der Waals surface area contributed by atoms with E-state index < -0.39 is 16.1 Å². The van der Waals surface area contributed by atoms with Crippen molar-refractivity contribution in [3.05, 3.63) is 70.0 Å². The molecule has 1 heterocycles. The molecule has 0 spiro atoms. The lowest BCUT2D eigenvalue weighted by Gasteiger charge is -2.24. The molecule has 1 aromatic heterocycles. The van der Waals surface area contributed by atoms with E-state index in [0.29, 0.717) is 29.5 Å². The third-order valence-electron chi connectivity index (χ3n) is 5.59. The molecule has 11 heteroatoms. The molecule has 0 radical (unpaired) electrons. The van der Waals surface area contributed by atoms with Crippen molar-refractivity contribution in [2.24, 2.45) is 0 Å². The fourth-order valence-corrected chi connectivity index (χ4v) is 5.60. The van der Waals surface area contributed by atoms with E-state index in [-0.39, 0.29) is 22.3 Å². The number of esters is 1. The second-order valence-electron chi connectivity index (χ2n) is 7.79. The summed E-state index contributed by atoms with van der Waals surface area (Å²) in [6, 6.07) is 10.8. The molecule has 1 aliphatic carbocycles. The van der Waals surface area contributed by atoms with Crippen molar-refractivity contribution in [3.63, 3.8) is 0 Å². The predicted octanol–water partition coefficient (Wildman–Crippen LogP) is 4.90. The van der Waals surface area contributed by atoms with Gasteiger partial charge < -0.3 is 9.47 Å². The zero-order valence-electron chi connectivity index (χ0n) is 18.3. The number of carbonyl (C=O) groups excluding carboxylic acids is 1. The van der Waals surface area contributed by atoms with Crippen LogP contribution in [0.1, 0.15) is 36.6 Å². The number of hydrogen-bond acceptors (Lipinski definition) is 6. The van der Waals surface area contributed by atoms with Crippen LogP contribution in [0, 0.1) is 0 Å².